The fourth-order valence-corrected chi connectivity index (χ4v) is 4.81. The average Bonchev–Trinajstić information content (AvgIpc) is 3.24. The molecule has 6 rings (SSSR count). The summed E-state index contributed by atoms with van der Waals surface area (Å²) in [6.45, 7) is 1.70. The second kappa shape index (κ2) is 6.44. The molecule has 30 heavy (non-hydrogen) atoms. The summed E-state index contributed by atoms with van der Waals surface area (Å²) in [5.41, 5.74) is 1.67. The van der Waals surface area contributed by atoms with Gasteiger partial charge in [-0.1, -0.05) is 17.7 Å². The number of carbonyl (C=O) groups is 2. The van der Waals surface area contributed by atoms with Gasteiger partial charge in [0.05, 0.1) is 18.0 Å². The van der Waals surface area contributed by atoms with Crippen LogP contribution < -0.4 is 10.6 Å². The van der Waals surface area contributed by atoms with Gasteiger partial charge in [-0.2, -0.15) is 0 Å². The highest BCUT2D eigenvalue weighted by molar-refractivity contribution is 5.95. The van der Waals surface area contributed by atoms with Gasteiger partial charge in [0.1, 0.15) is 12.3 Å². The van der Waals surface area contributed by atoms with Gasteiger partial charge in [-0.3, -0.25) is 9.59 Å². The molecule has 158 valence electrons. The molecule has 2 aromatic rings. The zero-order chi connectivity index (χ0) is 21.1. The first-order chi connectivity index (χ1) is 14.2. The van der Waals surface area contributed by atoms with E-state index in [0.717, 1.165) is 16.5 Å². The summed E-state index contributed by atoms with van der Waals surface area (Å²) in [5.74, 6) is -3.91. The van der Waals surface area contributed by atoms with Crippen molar-refractivity contribution in [2.75, 3.05) is 13.2 Å². The lowest BCUT2D eigenvalue weighted by atomic mass is 9.44. The maximum Gasteiger partial charge on any atom is 0.270 e. The van der Waals surface area contributed by atoms with E-state index < -0.39 is 11.8 Å². The normalized spacial score (nSPS) is 30.2. The highest BCUT2D eigenvalue weighted by atomic mass is 19.3. The predicted octanol–water partition coefficient (Wildman–Crippen LogP) is 2.74. The van der Waals surface area contributed by atoms with Gasteiger partial charge in [0, 0.05) is 22.9 Å². The van der Waals surface area contributed by atoms with Crippen molar-refractivity contribution in [3.05, 3.63) is 41.6 Å². The number of hydrogen-bond acceptors (Lipinski definition) is 4. The third kappa shape index (κ3) is 3.43. The fourth-order valence-electron chi connectivity index (χ4n) is 4.81. The molecule has 8 heteroatoms. The van der Waals surface area contributed by atoms with E-state index in [9.17, 15) is 18.4 Å². The molecule has 0 saturated heterocycles. The van der Waals surface area contributed by atoms with Crippen molar-refractivity contribution in [2.45, 2.75) is 49.6 Å². The third-order valence-corrected chi connectivity index (χ3v) is 6.40. The lowest BCUT2D eigenvalue weighted by molar-refractivity contribution is -0.143. The standard InChI is InChI=1S/C22H23F2N3O3/c1-13-2-4-16-14(6-13)3-5-17(25-16)19(29)27-21-10-20(11-21,12-21)26-18(28)9-30-8-15-7-22(15,23)24/h2-6,15H,7-12H2,1H3,(H,26,28)(H,27,29)/t15-,20?,21?/m0/s1. The number of amides is 2. The molecule has 4 saturated carbocycles. The van der Waals surface area contributed by atoms with Crippen LogP contribution in [0.25, 0.3) is 10.9 Å². The molecule has 2 N–H and O–H groups in total. The van der Waals surface area contributed by atoms with E-state index >= 15 is 0 Å². The molecule has 4 aliphatic rings. The number of aromatic nitrogens is 1. The van der Waals surface area contributed by atoms with Gasteiger partial charge in [0.2, 0.25) is 5.91 Å². The van der Waals surface area contributed by atoms with Crippen LogP contribution in [0.5, 0.6) is 0 Å². The fraction of sp³-hybridized carbons (Fsp3) is 0.500. The Balaban J connectivity index is 1.10. The van der Waals surface area contributed by atoms with Crippen LogP contribution in [0, 0.1) is 12.8 Å². The Morgan fingerprint density at radius 1 is 1.13 bits per heavy atom. The first kappa shape index (κ1) is 19.4. The Hall–Kier alpha value is -2.61. The van der Waals surface area contributed by atoms with E-state index in [1.165, 1.54) is 0 Å². The number of halogens is 2. The lowest BCUT2D eigenvalue weighted by Crippen LogP contribution is -2.84. The summed E-state index contributed by atoms with van der Waals surface area (Å²) < 4.78 is 30.7. The quantitative estimate of drug-likeness (QED) is 0.729. The molecule has 1 atom stereocenters. The number of aryl methyl sites for hydroxylation is 1. The predicted molar refractivity (Wildman–Crippen MR) is 105 cm³/mol. The first-order valence-corrected chi connectivity index (χ1v) is 10.1. The van der Waals surface area contributed by atoms with Gasteiger partial charge < -0.3 is 15.4 Å². The minimum Gasteiger partial charge on any atom is -0.371 e. The van der Waals surface area contributed by atoms with Crippen LogP contribution in [0.2, 0.25) is 0 Å². The van der Waals surface area contributed by atoms with Gasteiger partial charge in [0.25, 0.3) is 11.8 Å². The van der Waals surface area contributed by atoms with Crippen LogP contribution in [-0.2, 0) is 9.53 Å². The molecular weight excluding hydrogens is 392 g/mol. The van der Waals surface area contributed by atoms with Crippen molar-refractivity contribution in [3.8, 4) is 0 Å². The summed E-state index contributed by atoms with van der Waals surface area (Å²) in [5, 5.41) is 6.97. The molecule has 0 unspecified atom stereocenters. The van der Waals surface area contributed by atoms with Crippen LogP contribution >= 0.6 is 0 Å². The molecular formula is C22H23F2N3O3. The number of nitrogens with one attached hydrogen (secondary N) is 2. The van der Waals surface area contributed by atoms with Gasteiger partial charge in [-0.15, -0.1) is 0 Å². The number of hydrogen-bond donors (Lipinski definition) is 2. The molecule has 2 amide bonds. The first-order valence-electron chi connectivity index (χ1n) is 10.1. The van der Waals surface area contributed by atoms with Crippen LogP contribution in [0.4, 0.5) is 8.78 Å². The van der Waals surface area contributed by atoms with Crippen molar-refractivity contribution >= 4 is 22.7 Å². The van der Waals surface area contributed by atoms with E-state index in [1.807, 2.05) is 31.2 Å². The highest BCUT2D eigenvalue weighted by Crippen LogP contribution is 2.60. The minimum atomic E-state index is -2.63. The molecule has 4 fully saturated rings. The number of nitrogens with zero attached hydrogens (tertiary/aromatic N) is 1. The summed E-state index contributed by atoms with van der Waals surface area (Å²) in [7, 11) is 0. The van der Waals surface area contributed by atoms with Crippen LogP contribution in [-0.4, -0.2) is 47.0 Å². The number of pyridine rings is 1. The summed E-state index contributed by atoms with van der Waals surface area (Å²) >= 11 is 0. The van der Waals surface area contributed by atoms with Gasteiger partial charge in [0.15, 0.2) is 0 Å². The van der Waals surface area contributed by atoms with Crippen molar-refractivity contribution in [1.82, 2.24) is 15.6 Å². The summed E-state index contributed by atoms with van der Waals surface area (Å²) in [6.07, 6.45) is 1.81. The molecule has 1 aromatic heterocycles. The van der Waals surface area contributed by atoms with Gasteiger partial charge >= 0.3 is 0 Å². The maximum atomic E-state index is 12.8. The molecule has 1 aromatic carbocycles. The Morgan fingerprint density at radius 2 is 1.83 bits per heavy atom. The Bertz CT molecular complexity index is 1040. The van der Waals surface area contributed by atoms with Crippen molar-refractivity contribution in [2.24, 2.45) is 5.92 Å². The lowest BCUT2D eigenvalue weighted by Gasteiger charge is -2.70. The second-order valence-corrected chi connectivity index (χ2v) is 9.16. The second-order valence-electron chi connectivity index (χ2n) is 9.16. The zero-order valence-corrected chi connectivity index (χ0v) is 16.6. The number of fused-ring (bicyclic) bond motifs is 1. The van der Waals surface area contributed by atoms with Crippen molar-refractivity contribution in [3.63, 3.8) is 0 Å². The number of alkyl halides is 2. The van der Waals surface area contributed by atoms with E-state index in [1.54, 1.807) is 6.07 Å². The molecule has 0 radical (unpaired) electrons. The largest absolute Gasteiger partial charge is 0.371 e. The molecule has 6 nitrogen and oxygen atoms in total. The topological polar surface area (TPSA) is 80.3 Å². The van der Waals surface area contributed by atoms with E-state index in [-0.39, 0.29) is 42.5 Å². The Labute approximate surface area is 172 Å². The Kier molecular flexibility index (Phi) is 4.16. The van der Waals surface area contributed by atoms with Crippen molar-refractivity contribution in [1.29, 1.82) is 0 Å². The molecule has 0 spiro atoms. The van der Waals surface area contributed by atoms with Crippen LogP contribution in [0.15, 0.2) is 30.3 Å². The zero-order valence-electron chi connectivity index (χ0n) is 16.6. The van der Waals surface area contributed by atoms with Gasteiger partial charge in [-0.05, 0) is 44.4 Å². The Morgan fingerprint density at radius 3 is 2.53 bits per heavy atom. The van der Waals surface area contributed by atoms with E-state index in [2.05, 4.69) is 15.6 Å². The van der Waals surface area contributed by atoms with Gasteiger partial charge in [-0.25, -0.2) is 13.8 Å². The van der Waals surface area contributed by atoms with E-state index in [0.29, 0.717) is 25.0 Å². The monoisotopic (exact) mass is 415 g/mol. The summed E-state index contributed by atoms with van der Waals surface area (Å²) in [6, 6.07) is 9.51. The molecule has 0 aliphatic heterocycles. The number of ether oxygens (including phenoxy) is 1. The minimum absolute atomic E-state index is 0.0915. The maximum absolute atomic E-state index is 12.8. The van der Waals surface area contributed by atoms with Crippen molar-refractivity contribution < 1.29 is 23.1 Å². The average molecular weight is 415 g/mol. The number of rotatable bonds is 7. The van der Waals surface area contributed by atoms with E-state index in [4.69, 9.17) is 4.74 Å². The SMILES string of the molecule is Cc1ccc2nc(C(=O)NC34CC(NC(=O)COC[C@@H]5CC5(F)F)(C3)C4)ccc2c1. The summed E-state index contributed by atoms with van der Waals surface area (Å²) in [4.78, 5) is 29.1. The smallest absolute Gasteiger partial charge is 0.270 e. The highest BCUT2D eigenvalue weighted by Gasteiger charge is 2.69. The number of benzene rings is 1. The molecule has 4 aliphatic carbocycles. The molecule has 2 bridgehead atoms. The van der Waals surface area contributed by atoms with Crippen LogP contribution in [0.1, 0.15) is 41.7 Å². The molecule has 1 heterocycles. The third-order valence-electron chi connectivity index (χ3n) is 6.40. The van der Waals surface area contributed by atoms with Crippen LogP contribution in [0.3, 0.4) is 0 Å². The number of carbonyl (C=O) groups excluding carboxylic acids is 2.